The minimum Gasteiger partial charge on any atom is -0.477 e. The number of hydrogen-bond donors (Lipinski definition) is 2. The number of carboxylic acids is 1. The van der Waals surface area contributed by atoms with Gasteiger partial charge in [0.15, 0.2) is 0 Å². The number of carbonyl (C=O) groups is 1. The van der Waals surface area contributed by atoms with Crippen molar-refractivity contribution in [3.63, 3.8) is 0 Å². The van der Waals surface area contributed by atoms with E-state index in [9.17, 15) is 14.9 Å². The summed E-state index contributed by atoms with van der Waals surface area (Å²) in [5.74, 6) is -0.712. The van der Waals surface area contributed by atoms with Gasteiger partial charge in [-0.25, -0.2) is 9.78 Å². The molecular formula is C10H8N4O4S. The summed E-state index contributed by atoms with van der Waals surface area (Å²) in [6.07, 6.45) is 0. The lowest BCUT2D eigenvalue weighted by Crippen LogP contribution is -2.02. The van der Waals surface area contributed by atoms with Crippen LogP contribution in [0.1, 0.15) is 16.2 Å². The minimum absolute atomic E-state index is 0.347. The highest BCUT2D eigenvalue weighted by Gasteiger charge is 2.20. The van der Waals surface area contributed by atoms with Crippen LogP contribution in [-0.4, -0.2) is 31.2 Å². The zero-order chi connectivity index (χ0) is 14.0. The highest BCUT2D eigenvalue weighted by atomic mass is 32.2. The summed E-state index contributed by atoms with van der Waals surface area (Å²) in [5.41, 5.74) is -0.801. The third kappa shape index (κ3) is 2.88. The standard InChI is InChI=1S/C10H8N4O4S/c1-5-11-10(13-12-5)19-6-2-3-7(9(15)16)8(4-6)14(17)18/h2-4H,1H3,(H,15,16)(H,11,12,13). The van der Waals surface area contributed by atoms with Gasteiger partial charge in [0.1, 0.15) is 11.4 Å². The second-order valence-corrected chi connectivity index (χ2v) is 4.59. The molecule has 0 unspecified atom stereocenters. The van der Waals surface area contributed by atoms with Gasteiger partial charge in [-0.1, -0.05) is 0 Å². The molecule has 0 radical (unpaired) electrons. The summed E-state index contributed by atoms with van der Waals surface area (Å²) in [7, 11) is 0. The van der Waals surface area contributed by atoms with Gasteiger partial charge in [0.25, 0.3) is 5.69 Å². The summed E-state index contributed by atoms with van der Waals surface area (Å²) >= 11 is 1.11. The number of nitro groups is 1. The molecule has 0 saturated carbocycles. The summed E-state index contributed by atoms with van der Waals surface area (Å²) in [6, 6.07) is 3.87. The molecule has 0 atom stereocenters. The third-order valence-corrected chi connectivity index (χ3v) is 3.04. The van der Waals surface area contributed by atoms with Crippen LogP contribution in [0.4, 0.5) is 5.69 Å². The molecule has 0 saturated heterocycles. The molecule has 98 valence electrons. The Morgan fingerprint density at radius 3 is 2.79 bits per heavy atom. The van der Waals surface area contributed by atoms with Crippen LogP contribution in [0, 0.1) is 17.0 Å². The lowest BCUT2D eigenvalue weighted by atomic mass is 10.2. The van der Waals surface area contributed by atoms with Crippen molar-refractivity contribution in [1.82, 2.24) is 15.2 Å². The van der Waals surface area contributed by atoms with Gasteiger partial charge in [-0.2, -0.15) is 0 Å². The van der Waals surface area contributed by atoms with Crippen molar-refractivity contribution >= 4 is 23.4 Å². The Labute approximate surface area is 111 Å². The van der Waals surface area contributed by atoms with E-state index in [1.807, 2.05) is 0 Å². The van der Waals surface area contributed by atoms with Crippen molar-refractivity contribution in [3.8, 4) is 0 Å². The number of nitrogens with one attached hydrogen (secondary N) is 1. The first-order chi connectivity index (χ1) is 8.97. The zero-order valence-corrected chi connectivity index (χ0v) is 10.5. The van der Waals surface area contributed by atoms with Crippen LogP contribution in [0.3, 0.4) is 0 Å². The van der Waals surface area contributed by atoms with E-state index >= 15 is 0 Å². The van der Waals surface area contributed by atoms with Gasteiger partial charge in [0.2, 0.25) is 5.16 Å². The van der Waals surface area contributed by atoms with Crippen molar-refractivity contribution in [2.45, 2.75) is 17.0 Å². The van der Waals surface area contributed by atoms with Gasteiger partial charge in [0, 0.05) is 11.0 Å². The van der Waals surface area contributed by atoms with E-state index in [1.54, 1.807) is 6.92 Å². The highest BCUT2D eigenvalue weighted by Crippen LogP contribution is 2.29. The van der Waals surface area contributed by atoms with Crippen LogP contribution in [0.5, 0.6) is 0 Å². The minimum atomic E-state index is -1.34. The molecule has 1 heterocycles. The molecule has 1 aromatic heterocycles. The Balaban J connectivity index is 2.35. The summed E-state index contributed by atoms with van der Waals surface area (Å²) in [5, 5.41) is 26.6. The number of rotatable bonds is 4. The summed E-state index contributed by atoms with van der Waals surface area (Å²) < 4.78 is 0. The molecule has 0 aliphatic carbocycles. The van der Waals surface area contributed by atoms with Gasteiger partial charge < -0.3 is 5.11 Å². The molecule has 0 aliphatic rings. The number of aromatic carboxylic acids is 1. The van der Waals surface area contributed by atoms with Crippen molar-refractivity contribution in [2.24, 2.45) is 0 Å². The van der Waals surface area contributed by atoms with Crippen LogP contribution in [0.2, 0.25) is 0 Å². The fraction of sp³-hybridized carbons (Fsp3) is 0.100. The van der Waals surface area contributed by atoms with E-state index in [4.69, 9.17) is 5.11 Å². The SMILES string of the molecule is Cc1nc(Sc2ccc(C(=O)O)c([N+](=O)[O-])c2)n[nH]1. The van der Waals surface area contributed by atoms with Crippen LogP contribution < -0.4 is 0 Å². The number of aromatic nitrogens is 3. The van der Waals surface area contributed by atoms with Crippen LogP contribution in [-0.2, 0) is 0 Å². The fourth-order valence-corrected chi connectivity index (χ4v) is 2.17. The second-order valence-electron chi connectivity index (χ2n) is 3.55. The van der Waals surface area contributed by atoms with Crippen molar-refractivity contribution in [3.05, 3.63) is 39.7 Å². The lowest BCUT2D eigenvalue weighted by Gasteiger charge is -2.00. The second kappa shape index (κ2) is 5.06. The molecular weight excluding hydrogens is 272 g/mol. The number of benzene rings is 1. The average molecular weight is 280 g/mol. The average Bonchev–Trinajstić information content (AvgIpc) is 2.74. The molecule has 19 heavy (non-hydrogen) atoms. The van der Waals surface area contributed by atoms with E-state index in [2.05, 4.69) is 15.2 Å². The van der Waals surface area contributed by atoms with E-state index in [-0.39, 0.29) is 5.56 Å². The summed E-state index contributed by atoms with van der Waals surface area (Å²) in [4.78, 5) is 25.5. The smallest absolute Gasteiger partial charge is 0.342 e. The molecule has 0 aliphatic heterocycles. The quantitative estimate of drug-likeness (QED) is 0.647. The number of carboxylic acid groups (broad SMARTS) is 1. The lowest BCUT2D eigenvalue weighted by molar-refractivity contribution is -0.385. The maximum Gasteiger partial charge on any atom is 0.342 e. The first-order valence-electron chi connectivity index (χ1n) is 5.06. The predicted molar refractivity (Wildman–Crippen MR) is 65.3 cm³/mol. The number of hydrogen-bond acceptors (Lipinski definition) is 6. The normalized spacial score (nSPS) is 10.4. The Morgan fingerprint density at radius 2 is 2.26 bits per heavy atom. The molecule has 0 spiro atoms. The van der Waals surface area contributed by atoms with Crippen LogP contribution in [0.25, 0.3) is 0 Å². The fourth-order valence-electron chi connectivity index (χ4n) is 1.38. The zero-order valence-electron chi connectivity index (χ0n) is 9.65. The molecule has 1 aromatic carbocycles. The van der Waals surface area contributed by atoms with E-state index in [0.717, 1.165) is 11.8 Å². The first-order valence-corrected chi connectivity index (χ1v) is 5.87. The van der Waals surface area contributed by atoms with Crippen molar-refractivity contribution in [1.29, 1.82) is 0 Å². The Morgan fingerprint density at radius 1 is 1.53 bits per heavy atom. The van der Waals surface area contributed by atoms with Crippen LogP contribution in [0.15, 0.2) is 28.3 Å². The molecule has 9 heteroatoms. The topological polar surface area (TPSA) is 122 Å². The maximum absolute atomic E-state index is 10.9. The molecule has 0 fully saturated rings. The predicted octanol–water partition coefficient (Wildman–Crippen LogP) is 1.87. The number of nitro benzene ring substituents is 1. The number of aromatic amines is 1. The van der Waals surface area contributed by atoms with Gasteiger partial charge in [0.05, 0.1) is 4.92 Å². The van der Waals surface area contributed by atoms with Gasteiger partial charge in [-0.05, 0) is 30.8 Å². The van der Waals surface area contributed by atoms with Gasteiger partial charge in [-0.15, -0.1) is 5.10 Å². The molecule has 8 nitrogen and oxygen atoms in total. The Hall–Kier alpha value is -2.42. The number of H-pyrrole nitrogens is 1. The Bertz CT molecular complexity index is 655. The highest BCUT2D eigenvalue weighted by molar-refractivity contribution is 7.99. The molecule has 2 N–H and O–H groups in total. The molecule has 2 aromatic rings. The van der Waals surface area contributed by atoms with Crippen LogP contribution >= 0.6 is 11.8 Å². The summed E-state index contributed by atoms with van der Waals surface area (Å²) in [6.45, 7) is 1.73. The van der Waals surface area contributed by atoms with Crippen molar-refractivity contribution in [2.75, 3.05) is 0 Å². The van der Waals surface area contributed by atoms with Gasteiger partial charge in [-0.3, -0.25) is 15.2 Å². The number of aryl methyl sites for hydroxylation is 1. The van der Waals surface area contributed by atoms with E-state index in [1.165, 1.54) is 18.2 Å². The molecule has 0 amide bonds. The number of nitrogens with zero attached hydrogens (tertiary/aromatic N) is 3. The molecule has 0 bridgehead atoms. The maximum atomic E-state index is 10.9. The Kier molecular flexibility index (Phi) is 3.47. The first kappa shape index (κ1) is 13.0. The van der Waals surface area contributed by atoms with E-state index in [0.29, 0.717) is 15.9 Å². The largest absolute Gasteiger partial charge is 0.477 e. The van der Waals surface area contributed by atoms with Crippen molar-refractivity contribution < 1.29 is 14.8 Å². The monoisotopic (exact) mass is 280 g/mol. The molecule has 2 rings (SSSR count). The van der Waals surface area contributed by atoms with Gasteiger partial charge >= 0.3 is 5.97 Å². The van der Waals surface area contributed by atoms with E-state index < -0.39 is 16.6 Å². The third-order valence-electron chi connectivity index (χ3n) is 2.18.